The number of guanidine groups is 1. The number of hydrogen-bond donors (Lipinski definition) is 1. The van der Waals surface area contributed by atoms with Crippen molar-refractivity contribution in [3.63, 3.8) is 0 Å². The summed E-state index contributed by atoms with van der Waals surface area (Å²) < 4.78 is 11.0. The molecule has 0 atom stereocenters. The first-order valence-electron chi connectivity index (χ1n) is 7.77. The fourth-order valence-corrected chi connectivity index (χ4v) is 2.08. The van der Waals surface area contributed by atoms with Gasteiger partial charge in [-0.3, -0.25) is 4.99 Å². The average molecular weight is 444 g/mol. The van der Waals surface area contributed by atoms with E-state index in [0.717, 1.165) is 36.1 Å². The summed E-state index contributed by atoms with van der Waals surface area (Å²) in [6.07, 6.45) is 0.870. The van der Waals surface area contributed by atoms with Gasteiger partial charge in [-0.15, -0.1) is 24.0 Å². The van der Waals surface area contributed by atoms with Crippen LogP contribution in [0.15, 0.2) is 45.9 Å². The van der Waals surface area contributed by atoms with Crippen LogP contribution in [0.5, 0.6) is 5.75 Å². The molecule has 0 saturated heterocycles. The van der Waals surface area contributed by atoms with Crippen molar-refractivity contribution in [1.82, 2.24) is 15.4 Å². The molecule has 0 radical (unpaired) electrons. The Kier molecular flexibility index (Phi) is 9.21. The molecular formula is C17H25IN4O2. The van der Waals surface area contributed by atoms with Crippen molar-refractivity contribution < 1.29 is 9.26 Å². The fourth-order valence-electron chi connectivity index (χ4n) is 2.08. The molecule has 0 aliphatic heterocycles. The van der Waals surface area contributed by atoms with Crippen LogP contribution in [0.1, 0.15) is 18.4 Å². The molecule has 2 rings (SSSR count). The molecule has 0 aliphatic carbocycles. The number of para-hydroxylation sites is 1. The number of halogens is 1. The molecule has 24 heavy (non-hydrogen) atoms. The Balaban J connectivity index is 0.00000288. The van der Waals surface area contributed by atoms with Gasteiger partial charge in [-0.05, 0) is 18.6 Å². The Labute approximate surface area is 160 Å². The van der Waals surface area contributed by atoms with Gasteiger partial charge in [0.25, 0.3) is 0 Å². The molecular weight excluding hydrogens is 419 g/mol. The third-order valence-corrected chi connectivity index (χ3v) is 3.40. The lowest BCUT2D eigenvalue weighted by atomic mass is 10.3. The second-order valence-corrected chi connectivity index (χ2v) is 5.12. The maximum atomic E-state index is 5.70. The molecule has 0 aliphatic rings. The Hall–Kier alpha value is -1.77. The number of hydrogen-bond acceptors (Lipinski definition) is 4. The number of aryl methyl sites for hydroxylation is 1. The van der Waals surface area contributed by atoms with E-state index in [9.17, 15) is 0 Å². The lowest BCUT2D eigenvalue weighted by molar-refractivity contribution is 0.280. The molecule has 0 amide bonds. The third kappa shape index (κ3) is 6.38. The molecule has 0 fully saturated rings. The minimum absolute atomic E-state index is 0. The fraction of sp³-hybridized carbons (Fsp3) is 0.412. The molecule has 1 aromatic heterocycles. The zero-order valence-electron chi connectivity index (χ0n) is 14.4. The van der Waals surface area contributed by atoms with Crippen molar-refractivity contribution >= 4 is 29.9 Å². The number of aromatic nitrogens is 1. The van der Waals surface area contributed by atoms with Gasteiger partial charge in [0.1, 0.15) is 12.4 Å². The van der Waals surface area contributed by atoms with Crippen LogP contribution in [-0.4, -0.2) is 43.3 Å². The Morgan fingerprint density at radius 3 is 2.71 bits per heavy atom. The van der Waals surface area contributed by atoms with E-state index in [-0.39, 0.29) is 24.0 Å². The Morgan fingerprint density at radius 2 is 2.08 bits per heavy atom. The molecule has 6 nitrogen and oxygen atoms in total. The van der Waals surface area contributed by atoms with Gasteiger partial charge in [-0.1, -0.05) is 30.3 Å². The van der Waals surface area contributed by atoms with Crippen LogP contribution in [0.2, 0.25) is 0 Å². The smallest absolute Gasteiger partial charge is 0.193 e. The Morgan fingerprint density at radius 1 is 1.33 bits per heavy atom. The first-order valence-corrected chi connectivity index (χ1v) is 7.77. The number of ether oxygens (including phenoxy) is 1. The number of benzene rings is 1. The summed E-state index contributed by atoms with van der Waals surface area (Å²) in [7, 11) is 3.73. The summed E-state index contributed by atoms with van der Waals surface area (Å²) in [5, 5.41) is 7.24. The maximum Gasteiger partial charge on any atom is 0.193 e. The predicted octanol–water partition coefficient (Wildman–Crippen LogP) is 2.94. The molecule has 0 bridgehead atoms. The van der Waals surface area contributed by atoms with E-state index in [2.05, 4.69) is 22.4 Å². The highest BCUT2D eigenvalue weighted by Gasteiger charge is 2.08. The zero-order chi connectivity index (χ0) is 16.5. The lowest BCUT2D eigenvalue weighted by Crippen LogP contribution is -2.40. The van der Waals surface area contributed by atoms with Crippen LogP contribution in [0, 0.1) is 0 Å². The summed E-state index contributed by atoms with van der Waals surface area (Å²) in [6.45, 7) is 3.92. The van der Waals surface area contributed by atoms with Gasteiger partial charge in [0.05, 0.1) is 18.8 Å². The van der Waals surface area contributed by atoms with Gasteiger partial charge in [-0.25, -0.2) is 0 Å². The van der Waals surface area contributed by atoms with E-state index in [0.29, 0.717) is 13.2 Å². The van der Waals surface area contributed by atoms with Gasteiger partial charge in [0, 0.05) is 20.2 Å². The molecule has 0 spiro atoms. The standard InChI is InChI=1S/C17H24N4O2.HI/c1-4-14-12-16(23-20-14)13-19-17(18-2)21(3)10-11-22-15-8-6-5-7-9-15;/h5-9,12H,4,10-11,13H2,1-3H3,(H,18,19);1H. The predicted molar refractivity (Wildman–Crippen MR) is 106 cm³/mol. The second-order valence-electron chi connectivity index (χ2n) is 5.12. The highest BCUT2D eigenvalue weighted by molar-refractivity contribution is 14.0. The highest BCUT2D eigenvalue weighted by Crippen LogP contribution is 2.08. The van der Waals surface area contributed by atoms with Gasteiger partial charge in [0.2, 0.25) is 0 Å². The topological polar surface area (TPSA) is 62.9 Å². The van der Waals surface area contributed by atoms with Crippen LogP contribution in [0.4, 0.5) is 0 Å². The van der Waals surface area contributed by atoms with Crippen LogP contribution >= 0.6 is 24.0 Å². The minimum Gasteiger partial charge on any atom is -0.492 e. The third-order valence-electron chi connectivity index (χ3n) is 3.40. The summed E-state index contributed by atoms with van der Waals surface area (Å²) in [6, 6.07) is 11.7. The molecule has 132 valence electrons. The second kappa shape index (κ2) is 10.9. The summed E-state index contributed by atoms with van der Waals surface area (Å²) in [4.78, 5) is 6.28. The number of nitrogens with one attached hydrogen (secondary N) is 1. The van der Waals surface area contributed by atoms with Crippen molar-refractivity contribution in [2.24, 2.45) is 4.99 Å². The monoisotopic (exact) mass is 444 g/mol. The first-order chi connectivity index (χ1) is 11.2. The van der Waals surface area contributed by atoms with Gasteiger partial charge in [-0.2, -0.15) is 0 Å². The highest BCUT2D eigenvalue weighted by atomic mass is 127. The molecule has 1 aromatic carbocycles. The number of aliphatic imine (C=N–C) groups is 1. The summed E-state index contributed by atoms with van der Waals surface area (Å²) in [5.41, 5.74) is 0.960. The van der Waals surface area contributed by atoms with Gasteiger partial charge in [0.15, 0.2) is 11.7 Å². The van der Waals surface area contributed by atoms with Crippen molar-refractivity contribution in [3.05, 3.63) is 47.9 Å². The average Bonchev–Trinajstić information content (AvgIpc) is 3.04. The van der Waals surface area contributed by atoms with E-state index in [4.69, 9.17) is 9.26 Å². The van der Waals surface area contributed by atoms with Crippen molar-refractivity contribution in [3.8, 4) is 5.75 Å². The van der Waals surface area contributed by atoms with Gasteiger partial charge >= 0.3 is 0 Å². The lowest BCUT2D eigenvalue weighted by Gasteiger charge is -2.21. The summed E-state index contributed by atoms with van der Waals surface area (Å²) >= 11 is 0. The molecule has 2 aromatic rings. The number of likely N-dealkylation sites (N-methyl/N-ethyl adjacent to an activating group) is 1. The van der Waals surface area contributed by atoms with Crippen LogP contribution in [0.3, 0.4) is 0 Å². The normalized spacial score (nSPS) is 10.9. The minimum atomic E-state index is 0. The molecule has 1 N–H and O–H groups in total. The zero-order valence-corrected chi connectivity index (χ0v) is 16.7. The van der Waals surface area contributed by atoms with E-state index in [1.54, 1.807) is 7.05 Å². The molecule has 0 saturated carbocycles. The van der Waals surface area contributed by atoms with E-state index < -0.39 is 0 Å². The molecule has 0 unspecified atom stereocenters. The van der Waals surface area contributed by atoms with Crippen molar-refractivity contribution in [2.45, 2.75) is 19.9 Å². The van der Waals surface area contributed by atoms with E-state index in [1.165, 1.54) is 0 Å². The van der Waals surface area contributed by atoms with Crippen LogP contribution in [0.25, 0.3) is 0 Å². The molecule has 7 heteroatoms. The van der Waals surface area contributed by atoms with Crippen LogP contribution < -0.4 is 10.1 Å². The quantitative estimate of drug-likeness (QED) is 0.404. The Bertz CT molecular complexity index is 616. The van der Waals surface area contributed by atoms with Crippen molar-refractivity contribution in [1.29, 1.82) is 0 Å². The molecule has 1 heterocycles. The van der Waals surface area contributed by atoms with E-state index >= 15 is 0 Å². The van der Waals surface area contributed by atoms with Crippen LogP contribution in [-0.2, 0) is 13.0 Å². The van der Waals surface area contributed by atoms with Crippen molar-refractivity contribution in [2.75, 3.05) is 27.2 Å². The number of rotatable bonds is 7. The SMILES string of the molecule is CCc1cc(CNC(=NC)N(C)CCOc2ccccc2)on1.I. The summed E-state index contributed by atoms with van der Waals surface area (Å²) in [5.74, 6) is 2.46. The number of nitrogens with zero attached hydrogens (tertiary/aromatic N) is 3. The van der Waals surface area contributed by atoms with Gasteiger partial charge < -0.3 is 19.5 Å². The first kappa shape index (κ1) is 20.3. The van der Waals surface area contributed by atoms with E-state index in [1.807, 2.05) is 48.3 Å². The maximum absolute atomic E-state index is 5.70. The largest absolute Gasteiger partial charge is 0.492 e.